The summed E-state index contributed by atoms with van der Waals surface area (Å²) in [6.45, 7) is 6.71. The molecule has 90 valence electrons. The number of phenolic OH excluding ortho intramolecular Hbond substituents is 1. The summed E-state index contributed by atoms with van der Waals surface area (Å²) in [6.07, 6.45) is 0.138. The van der Waals surface area contributed by atoms with Gasteiger partial charge in [-0.2, -0.15) is 0 Å². The second-order valence-electron chi connectivity index (χ2n) is 3.66. The van der Waals surface area contributed by atoms with Crippen molar-refractivity contribution in [3.05, 3.63) is 24.3 Å². The Morgan fingerprint density at radius 1 is 1.25 bits per heavy atom. The molecule has 0 saturated carbocycles. The molecular formula is C12H21N3O. The van der Waals surface area contributed by atoms with Crippen molar-refractivity contribution in [3.63, 3.8) is 0 Å². The van der Waals surface area contributed by atoms with Gasteiger partial charge in [0.05, 0.1) is 6.17 Å². The summed E-state index contributed by atoms with van der Waals surface area (Å²) in [7, 11) is 0. The van der Waals surface area contributed by atoms with E-state index in [1.165, 1.54) is 0 Å². The molecule has 0 aliphatic heterocycles. The molecule has 1 rings (SSSR count). The van der Waals surface area contributed by atoms with Gasteiger partial charge in [0.1, 0.15) is 5.75 Å². The number of nitrogens with one attached hydrogen (secondary N) is 1. The van der Waals surface area contributed by atoms with Crippen LogP contribution in [0.3, 0.4) is 0 Å². The number of hydrogen-bond acceptors (Lipinski definition) is 4. The Hall–Kier alpha value is -1.26. The minimum atomic E-state index is 0.138. The number of anilines is 1. The van der Waals surface area contributed by atoms with Crippen molar-refractivity contribution in [3.8, 4) is 5.75 Å². The summed E-state index contributed by atoms with van der Waals surface area (Å²) in [5.41, 5.74) is 6.72. The average molecular weight is 223 g/mol. The molecule has 0 spiro atoms. The third kappa shape index (κ3) is 3.40. The second kappa shape index (κ2) is 6.35. The van der Waals surface area contributed by atoms with Crippen molar-refractivity contribution in [1.29, 1.82) is 0 Å². The van der Waals surface area contributed by atoms with E-state index in [-0.39, 0.29) is 11.9 Å². The monoisotopic (exact) mass is 223 g/mol. The maximum atomic E-state index is 9.19. The van der Waals surface area contributed by atoms with Gasteiger partial charge in [-0.1, -0.05) is 13.8 Å². The molecular weight excluding hydrogens is 202 g/mol. The van der Waals surface area contributed by atoms with Gasteiger partial charge >= 0.3 is 0 Å². The smallest absolute Gasteiger partial charge is 0.115 e. The maximum Gasteiger partial charge on any atom is 0.115 e. The first-order chi connectivity index (χ1) is 7.71. The molecule has 0 aromatic heterocycles. The number of benzene rings is 1. The molecule has 16 heavy (non-hydrogen) atoms. The fourth-order valence-corrected chi connectivity index (χ4v) is 1.71. The molecule has 1 aromatic rings. The fourth-order valence-electron chi connectivity index (χ4n) is 1.71. The number of nitrogens with two attached hydrogens (primary N) is 1. The van der Waals surface area contributed by atoms with Gasteiger partial charge in [0.2, 0.25) is 0 Å². The van der Waals surface area contributed by atoms with Crippen LogP contribution in [0, 0.1) is 0 Å². The van der Waals surface area contributed by atoms with Crippen molar-refractivity contribution >= 4 is 5.69 Å². The Morgan fingerprint density at radius 2 is 1.81 bits per heavy atom. The Labute approximate surface area is 97.1 Å². The molecule has 0 saturated heterocycles. The lowest BCUT2D eigenvalue weighted by Crippen LogP contribution is -2.45. The zero-order valence-corrected chi connectivity index (χ0v) is 9.98. The quantitative estimate of drug-likeness (QED) is 0.504. The predicted octanol–water partition coefficient (Wildman–Crippen LogP) is 1.43. The van der Waals surface area contributed by atoms with E-state index in [1.54, 1.807) is 12.1 Å². The lowest BCUT2D eigenvalue weighted by atomic mass is 10.3. The van der Waals surface area contributed by atoms with Crippen LogP contribution in [0.2, 0.25) is 0 Å². The van der Waals surface area contributed by atoms with Gasteiger partial charge in [0.15, 0.2) is 0 Å². The van der Waals surface area contributed by atoms with Gasteiger partial charge in [-0.15, -0.1) is 0 Å². The topological polar surface area (TPSA) is 61.5 Å². The van der Waals surface area contributed by atoms with Crippen LogP contribution in [0.4, 0.5) is 5.69 Å². The van der Waals surface area contributed by atoms with Crippen LogP contribution in [0.15, 0.2) is 24.3 Å². The summed E-state index contributed by atoms with van der Waals surface area (Å²) in [6, 6.07) is 7.03. The van der Waals surface area contributed by atoms with Crippen molar-refractivity contribution in [2.75, 3.05) is 25.0 Å². The van der Waals surface area contributed by atoms with E-state index in [4.69, 9.17) is 5.73 Å². The average Bonchev–Trinajstić information content (AvgIpc) is 2.32. The highest BCUT2D eigenvalue weighted by atomic mass is 16.3. The van der Waals surface area contributed by atoms with Crippen LogP contribution >= 0.6 is 0 Å². The Kier molecular flexibility index (Phi) is 5.08. The van der Waals surface area contributed by atoms with Crippen LogP contribution in [0.5, 0.6) is 5.75 Å². The van der Waals surface area contributed by atoms with Crippen LogP contribution in [0.1, 0.15) is 13.8 Å². The van der Waals surface area contributed by atoms with E-state index >= 15 is 0 Å². The number of aromatic hydroxyl groups is 1. The van der Waals surface area contributed by atoms with Crippen molar-refractivity contribution in [2.45, 2.75) is 20.0 Å². The van der Waals surface area contributed by atoms with Gasteiger partial charge in [-0.05, 0) is 37.4 Å². The summed E-state index contributed by atoms with van der Waals surface area (Å²) in [5, 5.41) is 12.5. The number of rotatable bonds is 6. The normalized spacial score (nSPS) is 12.8. The zero-order valence-electron chi connectivity index (χ0n) is 9.98. The van der Waals surface area contributed by atoms with Crippen molar-refractivity contribution < 1.29 is 5.11 Å². The van der Waals surface area contributed by atoms with E-state index < -0.39 is 0 Å². The molecule has 0 aliphatic carbocycles. The van der Waals surface area contributed by atoms with Crippen LogP contribution < -0.4 is 11.1 Å². The maximum absolute atomic E-state index is 9.19. The highest BCUT2D eigenvalue weighted by Crippen LogP contribution is 2.15. The minimum absolute atomic E-state index is 0.138. The van der Waals surface area contributed by atoms with Crippen LogP contribution in [0.25, 0.3) is 0 Å². The summed E-state index contributed by atoms with van der Waals surface area (Å²) in [4.78, 5) is 2.26. The van der Waals surface area contributed by atoms with Crippen LogP contribution in [-0.2, 0) is 0 Å². The summed E-state index contributed by atoms with van der Waals surface area (Å²) in [5.74, 6) is 0.276. The van der Waals surface area contributed by atoms with E-state index in [1.807, 2.05) is 12.1 Å². The molecule has 4 N–H and O–H groups in total. The molecule has 0 radical (unpaired) electrons. The number of nitrogens with zero attached hydrogens (tertiary/aromatic N) is 1. The first kappa shape index (κ1) is 12.8. The lowest BCUT2D eigenvalue weighted by Gasteiger charge is -2.30. The number of phenols is 1. The van der Waals surface area contributed by atoms with Gasteiger partial charge in [0, 0.05) is 12.2 Å². The minimum Gasteiger partial charge on any atom is -0.508 e. The lowest BCUT2D eigenvalue weighted by molar-refractivity contribution is 0.243. The van der Waals surface area contributed by atoms with Gasteiger partial charge < -0.3 is 16.2 Å². The number of likely N-dealkylation sites (N-methyl/N-ethyl adjacent to an activating group) is 1. The first-order valence-electron chi connectivity index (χ1n) is 5.71. The van der Waals surface area contributed by atoms with Gasteiger partial charge in [-0.25, -0.2) is 0 Å². The molecule has 0 fully saturated rings. The van der Waals surface area contributed by atoms with E-state index in [9.17, 15) is 5.11 Å². The molecule has 4 nitrogen and oxygen atoms in total. The largest absolute Gasteiger partial charge is 0.508 e. The van der Waals surface area contributed by atoms with Crippen molar-refractivity contribution in [2.24, 2.45) is 5.73 Å². The van der Waals surface area contributed by atoms with Gasteiger partial charge in [0.25, 0.3) is 0 Å². The molecule has 0 heterocycles. The zero-order chi connectivity index (χ0) is 12.0. The standard InChI is InChI=1S/C12H21N3O/c1-3-15(4-2)12(9-13)14-10-5-7-11(16)8-6-10/h5-8,12,14,16H,3-4,9,13H2,1-2H3. The molecule has 4 heteroatoms. The number of hydrogen-bond donors (Lipinski definition) is 3. The summed E-state index contributed by atoms with van der Waals surface area (Å²) < 4.78 is 0. The molecule has 0 aliphatic rings. The molecule has 1 atom stereocenters. The SMILES string of the molecule is CCN(CC)C(CN)Nc1ccc(O)cc1. The van der Waals surface area contributed by atoms with E-state index in [0.717, 1.165) is 18.8 Å². The molecule has 0 bridgehead atoms. The van der Waals surface area contributed by atoms with Crippen molar-refractivity contribution in [1.82, 2.24) is 4.90 Å². The predicted molar refractivity (Wildman–Crippen MR) is 67.5 cm³/mol. The molecule has 0 amide bonds. The van der Waals surface area contributed by atoms with Gasteiger partial charge in [-0.3, -0.25) is 4.90 Å². The first-order valence-corrected chi connectivity index (χ1v) is 5.71. The third-order valence-corrected chi connectivity index (χ3v) is 2.68. The fraction of sp³-hybridized carbons (Fsp3) is 0.500. The van der Waals surface area contributed by atoms with E-state index in [2.05, 4.69) is 24.1 Å². The van der Waals surface area contributed by atoms with E-state index in [0.29, 0.717) is 6.54 Å². The molecule has 1 unspecified atom stereocenters. The second-order valence-corrected chi connectivity index (χ2v) is 3.66. The Balaban J connectivity index is 2.65. The molecule has 1 aromatic carbocycles. The third-order valence-electron chi connectivity index (χ3n) is 2.68. The highest BCUT2D eigenvalue weighted by molar-refractivity contribution is 5.46. The summed E-state index contributed by atoms with van der Waals surface area (Å²) >= 11 is 0. The Morgan fingerprint density at radius 3 is 2.25 bits per heavy atom. The highest BCUT2D eigenvalue weighted by Gasteiger charge is 2.12. The van der Waals surface area contributed by atoms with Crippen LogP contribution in [-0.4, -0.2) is 35.8 Å². The Bertz CT molecular complexity index is 296.